The van der Waals surface area contributed by atoms with Crippen LogP contribution in [0.1, 0.15) is 39.7 Å². The van der Waals surface area contributed by atoms with Gasteiger partial charge in [0.05, 0.1) is 5.25 Å². The van der Waals surface area contributed by atoms with Gasteiger partial charge in [0.25, 0.3) is 0 Å². The number of carbonyl (C=O) groups excluding carboxylic acids is 1. The number of carbonyl (C=O) groups is 1. The summed E-state index contributed by atoms with van der Waals surface area (Å²) in [6.07, 6.45) is 0.930. The van der Waals surface area contributed by atoms with Gasteiger partial charge in [0.2, 0.25) is 5.91 Å². The Balaban J connectivity index is 2.01. The molecule has 0 fully saturated rings. The standard InChI is InChI=1S/C19H25NOS/c1-5-19(3,4)20-18(21)14(2)22-13-16-11-8-10-15-9-6-7-12-17(15)16/h6-12,14H,5,13H2,1-4H3,(H,20,21). The van der Waals surface area contributed by atoms with E-state index in [-0.39, 0.29) is 16.7 Å². The van der Waals surface area contributed by atoms with Crippen LogP contribution in [0, 0.1) is 0 Å². The summed E-state index contributed by atoms with van der Waals surface area (Å²) in [5.74, 6) is 0.972. The number of benzene rings is 2. The molecule has 3 heteroatoms. The van der Waals surface area contributed by atoms with E-state index < -0.39 is 0 Å². The van der Waals surface area contributed by atoms with E-state index in [1.54, 1.807) is 11.8 Å². The normalized spacial score (nSPS) is 13.1. The SMILES string of the molecule is CCC(C)(C)NC(=O)C(C)SCc1cccc2ccccc12. The molecule has 0 aliphatic heterocycles. The number of hydrogen-bond donors (Lipinski definition) is 1. The van der Waals surface area contributed by atoms with Crippen LogP contribution in [0.4, 0.5) is 0 Å². The molecule has 1 amide bonds. The van der Waals surface area contributed by atoms with E-state index >= 15 is 0 Å². The predicted molar refractivity (Wildman–Crippen MR) is 97.2 cm³/mol. The molecule has 0 aliphatic carbocycles. The average molecular weight is 315 g/mol. The van der Waals surface area contributed by atoms with Crippen molar-refractivity contribution in [3.63, 3.8) is 0 Å². The van der Waals surface area contributed by atoms with Gasteiger partial charge in [-0.3, -0.25) is 4.79 Å². The second-order valence-electron chi connectivity index (χ2n) is 6.32. The van der Waals surface area contributed by atoms with Gasteiger partial charge in [0, 0.05) is 11.3 Å². The van der Waals surface area contributed by atoms with Crippen LogP contribution in [0.25, 0.3) is 10.8 Å². The fraction of sp³-hybridized carbons (Fsp3) is 0.421. The van der Waals surface area contributed by atoms with Crippen molar-refractivity contribution in [3.05, 3.63) is 48.0 Å². The van der Waals surface area contributed by atoms with Crippen LogP contribution in [-0.4, -0.2) is 16.7 Å². The molecule has 0 saturated carbocycles. The minimum atomic E-state index is -0.134. The van der Waals surface area contributed by atoms with E-state index in [0.717, 1.165) is 12.2 Å². The highest BCUT2D eigenvalue weighted by Crippen LogP contribution is 2.25. The van der Waals surface area contributed by atoms with Crippen molar-refractivity contribution in [1.29, 1.82) is 0 Å². The summed E-state index contributed by atoms with van der Waals surface area (Å²) >= 11 is 1.69. The van der Waals surface area contributed by atoms with Gasteiger partial charge in [-0.25, -0.2) is 0 Å². The van der Waals surface area contributed by atoms with E-state index in [4.69, 9.17) is 0 Å². The Morgan fingerprint density at radius 2 is 1.86 bits per heavy atom. The van der Waals surface area contributed by atoms with E-state index in [9.17, 15) is 4.79 Å². The Bertz CT molecular complexity index is 645. The monoisotopic (exact) mass is 315 g/mol. The molecule has 22 heavy (non-hydrogen) atoms. The zero-order valence-corrected chi connectivity index (χ0v) is 14.7. The van der Waals surface area contributed by atoms with Crippen LogP contribution < -0.4 is 5.32 Å². The van der Waals surface area contributed by atoms with Crippen LogP contribution in [-0.2, 0) is 10.5 Å². The molecule has 0 bridgehead atoms. The van der Waals surface area contributed by atoms with Crippen molar-refractivity contribution in [1.82, 2.24) is 5.32 Å². The molecule has 0 spiro atoms. The summed E-state index contributed by atoms with van der Waals surface area (Å²) in [5, 5.41) is 5.60. The van der Waals surface area contributed by atoms with Crippen LogP contribution >= 0.6 is 11.8 Å². The van der Waals surface area contributed by atoms with Gasteiger partial charge in [0.1, 0.15) is 0 Å². The van der Waals surface area contributed by atoms with Crippen molar-refractivity contribution >= 4 is 28.4 Å². The van der Waals surface area contributed by atoms with Crippen molar-refractivity contribution in [3.8, 4) is 0 Å². The molecule has 2 aromatic rings. The summed E-state index contributed by atoms with van der Waals surface area (Å²) in [5.41, 5.74) is 1.16. The van der Waals surface area contributed by atoms with E-state index in [2.05, 4.69) is 68.6 Å². The lowest BCUT2D eigenvalue weighted by molar-refractivity contribution is -0.121. The van der Waals surface area contributed by atoms with Crippen LogP contribution in [0.5, 0.6) is 0 Å². The van der Waals surface area contributed by atoms with Gasteiger partial charge in [-0.1, -0.05) is 49.4 Å². The molecular weight excluding hydrogens is 290 g/mol. The van der Waals surface area contributed by atoms with Crippen LogP contribution in [0.3, 0.4) is 0 Å². The second kappa shape index (κ2) is 7.19. The van der Waals surface area contributed by atoms with E-state index in [0.29, 0.717) is 0 Å². The molecule has 0 saturated heterocycles. The molecule has 2 nitrogen and oxygen atoms in total. The summed E-state index contributed by atoms with van der Waals surface area (Å²) in [6.45, 7) is 8.20. The third-order valence-corrected chi connectivity index (χ3v) is 5.28. The minimum Gasteiger partial charge on any atom is -0.350 e. The van der Waals surface area contributed by atoms with Crippen molar-refractivity contribution in [2.24, 2.45) is 0 Å². The molecule has 118 valence electrons. The predicted octanol–water partition coefficient (Wildman–Crippen LogP) is 4.77. The number of hydrogen-bond acceptors (Lipinski definition) is 2. The van der Waals surface area contributed by atoms with Gasteiger partial charge in [0.15, 0.2) is 0 Å². The first-order chi connectivity index (χ1) is 10.4. The lowest BCUT2D eigenvalue weighted by Gasteiger charge is -2.26. The van der Waals surface area contributed by atoms with Crippen molar-refractivity contribution < 1.29 is 4.79 Å². The molecule has 2 rings (SSSR count). The molecule has 0 heterocycles. The highest BCUT2D eigenvalue weighted by Gasteiger charge is 2.22. The van der Waals surface area contributed by atoms with Gasteiger partial charge in [-0.15, -0.1) is 11.8 Å². The number of nitrogens with one attached hydrogen (secondary N) is 1. The van der Waals surface area contributed by atoms with E-state index in [1.165, 1.54) is 16.3 Å². The summed E-state index contributed by atoms with van der Waals surface area (Å²) < 4.78 is 0. The summed E-state index contributed by atoms with van der Waals surface area (Å²) in [7, 11) is 0. The number of fused-ring (bicyclic) bond motifs is 1. The summed E-state index contributed by atoms with van der Waals surface area (Å²) in [6, 6.07) is 14.8. The van der Waals surface area contributed by atoms with Crippen molar-refractivity contribution in [2.75, 3.05) is 0 Å². The minimum absolute atomic E-state index is 0.0511. The van der Waals surface area contributed by atoms with Gasteiger partial charge in [-0.2, -0.15) is 0 Å². The third-order valence-electron chi connectivity index (χ3n) is 4.08. The van der Waals surface area contributed by atoms with Crippen molar-refractivity contribution in [2.45, 2.75) is 50.7 Å². The zero-order valence-electron chi connectivity index (χ0n) is 13.8. The first-order valence-corrected chi connectivity index (χ1v) is 8.88. The zero-order chi connectivity index (χ0) is 16.2. The lowest BCUT2D eigenvalue weighted by Crippen LogP contribution is -2.46. The fourth-order valence-corrected chi connectivity index (χ4v) is 3.12. The Hall–Kier alpha value is -1.48. The quantitative estimate of drug-likeness (QED) is 0.832. The first kappa shape index (κ1) is 16.9. The van der Waals surface area contributed by atoms with Crippen LogP contribution in [0.2, 0.25) is 0 Å². The number of thioether (sulfide) groups is 1. The summed E-state index contributed by atoms with van der Waals surface area (Å²) in [4.78, 5) is 12.3. The van der Waals surface area contributed by atoms with Gasteiger partial charge < -0.3 is 5.32 Å². The highest BCUT2D eigenvalue weighted by atomic mass is 32.2. The molecular formula is C19H25NOS. The molecule has 2 aromatic carbocycles. The maximum Gasteiger partial charge on any atom is 0.233 e. The Morgan fingerprint density at radius 3 is 2.59 bits per heavy atom. The maximum absolute atomic E-state index is 12.3. The second-order valence-corrected chi connectivity index (χ2v) is 7.65. The molecule has 0 aromatic heterocycles. The molecule has 1 atom stereocenters. The smallest absolute Gasteiger partial charge is 0.233 e. The fourth-order valence-electron chi connectivity index (χ4n) is 2.23. The Kier molecular flexibility index (Phi) is 5.52. The first-order valence-electron chi connectivity index (χ1n) is 7.83. The average Bonchev–Trinajstić information content (AvgIpc) is 2.52. The number of rotatable bonds is 6. The maximum atomic E-state index is 12.3. The van der Waals surface area contributed by atoms with Gasteiger partial charge in [-0.05, 0) is 43.5 Å². The topological polar surface area (TPSA) is 29.1 Å². The molecule has 1 N–H and O–H groups in total. The van der Waals surface area contributed by atoms with Crippen LogP contribution in [0.15, 0.2) is 42.5 Å². The highest BCUT2D eigenvalue weighted by molar-refractivity contribution is 7.99. The molecule has 1 unspecified atom stereocenters. The molecule has 0 radical (unpaired) electrons. The van der Waals surface area contributed by atoms with E-state index in [1.807, 2.05) is 6.92 Å². The Labute approximate surface area is 137 Å². The third kappa shape index (κ3) is 4.26. The number of amides is 1. The van der Waals surface area contributed by atoms with Gasteiger partial charge >= 0.3 is 0 Å². The molecule has 0 aliphatic rings. The lowest BCUT2D eigenvalue weighted by atomic mass is 10.0. The Morgan fingerprint density at radius 1 is 1.18 bits per heavy atom. The largest absolute Gasteiger partial charge is 0.350 e.